The van der Waals surface area contributed by atoms with Crippen LogP contribution < -0.4 is 24.8 Å². The Bertz CT molecular complexity index is 735. The van der Waals surface area contributed by atoms with E-state index in [1.54, 1.807) is 3.28 Å². The van der Waals surface area contributed by atoms with Gasteiger partial charge >= 0.3 is 130 Å². The Balaban J connectivity index is 0.000000882. The summed E-state index contributed by atoms with van der Waals surface area (Å²) >= 11 is -0.819. The van der Waals surface area contributed by atoms with Crippen LogP contribution in [-0.4, -0.2) is 9.55 Å². The molecule has 0 spiro atoms. The van der Waals surface area contributed by atoms with Crippen molar-refractivity contribution in [1.29, 1.82) is 0 Å². The summed E-state index contributed by atoms with van der Waals surface area (Å²) in [4.78, 5) is 4.28. The van der Waals surface area contributed by atoms with E-state index < -0.39 is 23.2 Å². The van der Waals surface area contributed by atoms with Gasteiger partial charge in [0.15, 0.2) is 0 Å². The summed E-state index contributed by atoms with van der Waals surface area (Å²) in [7, 11) is 0. The first-order valence-corrected chi connectivity index (χ1v) is 9.25. The third kappa shape index (κ3) is 2.83. The zero-order valence-corrected chi connectivity index (χ0v) is 15.8. The maximum Gasteiger partial charge on any atom is -1.00 e. The summed E-state index contributed by atoms with van der Waals surface area (Å²) in [5, 5.41) is 0. The van der Waals surface area contributed by atoms with E-state index in [9.17, 15) is 0 Å². The van der Waals surface area contributed by atoms with Crippen LogP contribution in [0.25, 0.3) is 6.08 Å². The molecule has 0 aliphatic heterocycles. The van der Waals surface area contributed by atoms with Gasteiger partial charge in [0.25, 0.3) is 0 Å². The molecular formula is C17H14Cl2N2Zr. The first-order valence-electron chi connectivity index (χ1n) is 6.79. The van der Waals surface area contributed by atoms with Gasteiger partial charge in [0, 0.05) is 0 Å². The van der Waals surface area contributed by atoms with Gasteiger partial charge in [-0.2, -0.15) is 0 Å². The fourth-order valence-electron chi connectivity index (χ4n) is 2.94. The Kier molecular flexibility index (Phi) is 5.66. The van der Waals surface area contributed by atoms with Gasteiger partial charge in [0.1, 0.15) is 0 Å². The predicted molar refractivity (Wildman–Crippen MR) is 76.6 cm³/mol. The van der Waals surface area contributed by atoms with E-state index >= 15 is 0 Å². The van der Waals surface area contributed by atoms with Crippen LogP contribution in [0.2, 0.25) is 0 Å². The second-order valence-corrected chi connectivity index (χ2v) is 9.17. The number of fused-ring (bicyclic) bond motifs is 1. The number of hydrogen-bond donors (Lipinski definition) is 0. The molecule has 0 radical (unpaired) electrons. The molecule has 1 atom stereocenters. The van der Waals surface area contributed by atoms with Crippen LogP contribution in [-0.2, 0) is 26.5 Å². The van der Waals surface area contributed by atoms with Gasteiger partial charge in [0.05, 0.1) is 0 Å². The van der Waals surface area contributed by atoms with Gasteiger partial charge < -0.3 is 24.8 Å². The van der Waals surface area contributed by atoms with Crippen LogP contribution in [0.5, 0.6) is 0 Å². The molecule has 2 nitrogen and oxygen atoms in total. The van der Waals surface area contributed by atoms with Crippen molar-refractivity contribution in [2.45, 2.75) is 9.67 Å². The van der Waals surface area contributed by atoms with Crippen molar-refractivity contribution in [3.05, 3.63) is 81.7 Å². The molecule has 0 fully saturated rings. The maximum atomic E-state index is 4.28. The van der Waals surface area contributed by atoms with Crippen LogP contribution in [0.1, 0.15) is 17.5 Å². The van der Waals surface area contributed by atoms with Crippen molar-refractivity contribution in [1.82, 2.24) is 9.55 Å². The van der Waals surface area contributed by atoms with Gasteiger partial charge in [0.2, 0.25) is 0 Å². The van der Waals surface area contributed by atoms with Crippen LogP contribution >= 0.6 is 0 Å². The van der Waals surface area contributed by atoms with E-state index in [-0.39, 0.29) is 28.1 Å². The summed E-state index contributed by atoms with van der Waals surface area (Å²) in [5.74, 6) is 0. The first kappa shape index (κ1) is 17.5. The summed E-state index contributed by atoms with van der Waals surface area (Å²) < 4.78 is 4.00. The molecule has 1 aromatic heterocycles. The molecule has 4 rings (SSSR count). The Morgan fingerprint density at radius 2 is 2.05 bits per heavy atom. The summed E-state index contributed by atoms with van der Waals surface area (Å²) in [5.41, 5.74) is 2.80. The zero-order valence-electron chi connectivity index (χ0n) is 11.8. The van der Waals surface area contributed by atoms with Crippen molar-refractivity contribution in [2.24, 2.45) is 0 Å². The van der Waals surface area contributed by atoms with Gasteiger partial charge in [-0.05, 0) is 0 Å². The third-order valence-electron chi connectivity index (χ3n) is 3.91. The third-order valence-corrected chi connectivity index (χ3v) is 8.25. The average Bonchev–Trinajstić information content (AvgIpc) is 3.20. The smallest absolute Gasteiger partial charge is 1.00 e. The Morgan fingerprint density at radius 3 is 2.77 bits per heavy atom. The fourth-order valence-corrected chi connectivity index (χ4v) is 7.07. The maximum absolute atomic E-state index is 4.28. The molecule has 2 aromatic rings. The minimum atomic E-state index is -0.819. The Labute approximate surface area is 154 Å². The summed E-state index contributed by atoms with van der Waals surface area (Å²) in [6.07, 6.45) is 18.6. The van der Waals surface area contributed by atoms with Crippen LogP contribution in [0.4, 0.5) is 0 Å². The van der Waals surface area contributed by atoms with E-state index in [0.29, 0.717) is 0 Å². The molecule has 1 unspecified atom stereocenters. The molecule has 2 aliphatic carbocycles. The molecule has 0 saturated heterocycles. The van der Waals surface area contributed by atoms with Crippen LogP contribution in [0.3, 0.4) is 0 Å². The van der Waals surface area contributed by atoms with Gasteiger partial charge in [-0.3, -0.25) is 0 Å². The van der Waals surface area contributed by atoms with Crippen molar-refractivity contribution in [3.63, 3.8) is 0 Å². The number of aromatic nitrogens is 2. The SMILES string of the molecule is C1=CC[C]([Zr+2][C]2(n3ccnc3)C=Cc3ccccc32)=C1.[Cl-].[Cl-]. The average molecular weight is 408 g/mol. The van der Waals surface area contributed by atoms with Gasteiger partial charge in [-0.15, -0.1) is 0 Å². The molecule has 22 heavy (non-hydrogen) atoms. The Hall–Kier alpha value is -0.887. The molecule has 0 N–H and O–H groups in total. The van der Waals surface area contributed by atoms with Crippen LogP contribution in [0.15, 0.2) is 70.6 Å². The van der Waals surface area contributed by atoms with E-state index in [1.165, 1.54) is 11.1 Å². The molecule has 0 saturated carbocycles. The number of allylic oxidation sites excluding steroid dienone is 5. The van der Waals surface area contributed by atoms with Gasteiger partial charge in [-0.1, -0.05) is 0 Å². The summed E-state index contributed by atoms with van der Waals surface area (Å²) in [6.45, 7) is 0. The minimum Gasteiger partial charge on any atom is -1.00 e. The Morgan fingerprint density at radius 1 is 1.18 bits per heavy atom. The molecule has 2 aliphatic rings. The molecule has 1 aromatic carbocycles. The molecule has 0 bridgehead atoms. The van der Waals surface area contributed by atoms with Crippen molar-refractivity contribution in [3.8, 4) is 0 Å². The summed E-state index contributed by atoms with van der Waals surface area (Å²) in [6, 6.07) is 8.76. The second-order valence-electron chi connectivity index (χ2n) is 5.11. The van der Waals surface area contributed by atoms with E-state index in [1.807, 2.05) is 12.5 Å². The van der Waals surface area contributed by atoms with E-state index in [0.717, 1.165) is 6.42 Å². The number of imidazole rings is 1. The quantitative estimate of drug-likeness (QED) is 0.551. The van der Waals surface area contributed by atoms with Gasteiger partial charge in [-0.25, -0.2) is 0 Å². The van der Waals surface area contributed by atoms with E-state index in [2.05, 4.69) is 70.4 Å². The molecule has 0 amide bonds. The largest absolute Gasteiger partial charge is 1.00 e. The molecule has 5 heteroatoms. The minimum absolute atomic E-state index is 0. The number of benzene rings is 1. The second kappa shape index (κ2) is 7.12. The standard InChI is InChI=1S/C12H9N2.C5H5.2ClH.Zr/c1-2-4-11-10(3-1)5-6-12(11)14-8-7-13-9-14;1-2-4-5-3-1;;;/h1-9H;1-3H,4H2;2*1H;/q;;;;+2/p-2. The monoisotopic (exact) mass is 406 g/mol. The molecule has 1 heterocycles. The van der Waals surface area contributed by atoms with Crippen molar-refractivity contribution >= 4 is 6.08 Å². The number of hydrogen-bond acceptors (Lipinski definition) is 1. The number of halogens is 2. The predicted octanol–water partition coefficient (Wildman–Crippen LogP) is -2.45. The van der Waals surface area contributed by atoms with Crippen molar-refractivity contribution in [2.75, 3.05) is 0 Å². The molecular weight excluding hydrogens is 394 g/mol. The van der Waals surface area contributed by atoms with Crippen LogP contribution in [0, 0.1) is 0 Å². The van der Waals surface area contributed by atoms with E-state index in [4.69, 9.17) is 0 Å². The zero-order chi connectivity index (χ0) is 13.4. The number of rotatable bonds is 3. The molecule has 110 valence electrons. The first-order chi connectivity index (χ1) is 9.88. The number of nitrogens with zero attached hydrogens (tertiary/aromatic N) is 2. The fraction of sp³-hybridized carbons (Fsp3) is 0.118. The normalized spacial score (nSPS) is 20.6. The topological polar surface area (TPSA) is 17.8 Å². The van der Waals surface area contributed by atoms with Crippen molar-refractivity contribution < 1.29 is 48.0 Å².